The topological polar surface area (TPSA) is 23.6 Å². The average molecular weight is 322 g/mol. The van der Waals surface area contributed by atoms with E-state index in [4.69, 9.17) is 0 Å². The maximum Gasteiger partial charge on any atom is 0.320 e. The Balaban J connectivity index is 1.82. The largest absolute Gasteiger partial charge is 0.325 e. The van der Waals surface area contributed by atoms with Crippen molar-refractivity contribution in [3.05, 3.63) is 0 Å². The molecule has 2 heterocycles. The highest BCUT2D eigenvalue weighted by Crippen LogP contribution is 2.30. The van der Waals surface area contributed by atoms with E-state index in [-0.39, 0.29) is 6.03 Å². The molecule has 4 heteroatoms. The summed E-state index contributed by atoms with van der Waals surface area (Å²) in [6.07, 6.45) is 2.31. The number of hydrogen-bond acceptors (Lipinski definition) is 1. The van der Waals surface area contributed by atoms with Crippen molar-refractivity contribution >= 4 is 28.6 Å². The van der Waals surface area contributed by atoms with Gasteiger partial charge in [-0.25, -0.2) is 4.79 Å². The van der Waals surface area contributed by atoms with Crippen molar-refractivity contribution in [2.45, 2.75) is 30.6 Å². The minimum atomic E-state index is 0.262. The van der Waals surface area contributed by atoms with Crippen molar-refractivity contribution in [1.29, 1.82) is 0 Å². The van der Waals surface area contributed by atoms with Gasteiger partial charge in [0.05, 0.1) is 0 Å². The van der Waals surface area contributed by atoms with Gasteiger partial charge in [-0.05, 0) is 12.8 Å². The van der Waals surface area contributed by atoms with Gasteiger partial charge >= 0.3 is 6.03 Å². The Morgan fingerprint density at radius 3 is 2.20 bits per heavy atom. The summed E-state index contributed by atoms with van der Waals surface area (Å²) in [6.45, 7) is 8.18. The molecule has 2 aliphatic rings. The van der Waals surface area contributed by atoms with E-state index in [1.807, 2.05) is 9.80 Å². The van der Waals surface area contributed by atoms with E-state index in [2.05, 4.69) is 36.4 Å². The highest BCUT2D eigenvalue weighted by atomic mass is 127. The molecular formula is C11H19IN2O. The van der Waals surface area contributed by atoms with Crippen LogP contribution in [0.2, 0.25) is 0 Å². The Morgan fingerprint density at radius 1 is 1.20 bits per heavy atom. The molecule has 2 saturated heterocycles. The molecule has 0 radical (unpaired) electrons. The molecule has 86 valence electrons. The molecule has 0 aliphatic carbocycles. The van der Waals surface area contributed by atoms with E-state index in [1.54, 1.807) is 0 Å². The molecule has 2 fully saturated rings. The number of alkyl halides is 1. The van der Waals surface area contributed by atoms with Gasteiger partial charge in [0.15, 0.2) is 0 Å². The average Bonchev–Trinajstić information content (AvgIpc) is 2.14. The molecule has 0 atom stereocenters. The van der Waals surface area contributed by atoms with Crippen LogP contribution in [0.15, 0.2) is 0 Å². The van der Waals surface area contributed by atoms with E-state index in [0.717, 1.165) is 42.9 Å². The molecular weight excluding hydrogens is 303 g/mol. The second kappa shape index (κ2) is 4.11. The first kappa shape index (κ1) is 11.5. The summed E-state index contributed by atoms with van der Waals surface area (Å²) in [7, 11) is 0. The van der Waals surface area contributed by atoms with Gasteiger partial charge in [-0.15, -0.1) is 0 Å². The summed E-state index contributed by atoms with van der Waals surface area (Å²) in [5.74, 6) is 0. The minimum absolute atomic E-state index is 0.262. The van der Waals surface area contributed by atoms with Crippen LogP contribution < -0.4 is 0 Å². The fourth-order valence-corrected chi connectivity index (χ4v) is 2.92. The fraction of sp³-hybridized carbons (Fsp3) is 0.909. The van der Waals surface area contributed by atoms with E-state index in [1.165, 1.54) is 0 Å². The number of piperidine rings is 1. The zero-order valence-electron chi connectivity index (χ0n) is 9.50. The lowest BCUT2D eigenvalue weighted by atomic mass is 9.85. The van der Waals surface area contributed by atoms with Crippen LogP contribution in [0.4, 0.5) is 4.79 Å². The number of carbonyl (C=O) groups excluding carboxylic acids is 1. The maximum absolute atomic E-state index is 12.0. The van der Waals surface area contributed by atoms with Crippen LogP contribution in [-0.2, 0) is 0 Å². The van der Waals surface area contributed by atoms with Gasteiger partial charge in [0.2, 0.25) is 0 Å². The summed E-state index contributed by atoms with van der Waals surface area (Å²) in [5.41, 5.74) is 0.344. The van der Waals surface area contributed by atoms with Crippen molar-refractivity contribution in [3.8, 4) is 0 Å². The molecule has 0 aromatic carbocycles. The third-order valence-electron chi connectivity index (χ3n) is 3.20. The summed E-state index contributed by atoms with van der Waals surface area (Å²) >= 11 is 2.48. The van der Waals surface area contributed by atoms with Crippen LogP contribution in [0.25, 0.3) is 0 Å². The molecule has 0 unspecified atom stereocenters. The molecule has 2 amide bonds. The smallest absolute Gasteiger partial charge is 0.320 e. The van der Waals surface area contributed by atoms with Gasteiger partial charge in [-0.2, -0.15) is 0 Å². The van der Waals surface area contributed by atoms with Crippen molar-refractivity contribution in [1.82, 2.24) is 9.80 Å². The number of amides is 2. The van der Waals surface area contributed by atoms with Crippen LogP contribution in [0.3, 0.4) is 0 Å². The molecule has 0 aromatic heterocycles. The van der Waals surface area contributed by atoms with E-state index >= 15 is 0 Å². The monoisotopic (exact) mass is 322 g/mol. The quantitative estimate of drug-likeness (QED) is 0.496. The van der Waals surface area contributed by atoms with E-state index in [9.17, 15) is 4.79 Å². The first-order chi connectivity index (χ1) is 6.98. The van der Waals surface area contributed by atoms with Crippen LogP contribution in [-0.4, -0.2) is 45.9 Å². The lowest BCUT2D eigenvalue weighted by Crippen LogP contribution is -2.59. The predicted octanol–water partition coefficient (Wildman–Crippen LogP) is 2.35. The number of urea groups is 1. The third-order valence-corrected chi connectivity index (χ3v) is 4.45. The van der Waals surface area contributed by atoms with Crippen LogP contribution in [0.1, 0.15) is 26.7 Å². The van der Waals surface area contributed by atoms with Crippen molar-refractivity contribution in [2.24, 2.45) is 5.41 Å². The van der Waals surface area contributed by atoms with Crippen LogP contribution in [0, 0.1) is 5.41 Å². The Hall–Kier alpha value is 0. The summed E-state index contributed by atoms with van der Waals surface area (Å²) in [4.78, 5) is 16.0. The predicted molar refractivity (Wildman–Crippen MR) is 69.4 cm³/mol. The van der Waals surface area contributed by atoms with Gasteiger partial charge in [0, 0.05) is 35.5 Å². The second-order valence-corrected chi connectivity index (χ2v) is 7.23. The number of hydrogen-bond donors (Lipinski definition) is 0. The van der Waals surface area contributed by atoms with Gasteiger partial charge in [0.25, 0.3) is 0 Å². The summed E-state index contributed by atoms with van der Waals surface area (Å²) in [6, 6.07) is 0.262. The number of rotatable bonds is 0. The number of carbonyl (C=O) groups is 1. The van der Waals surface area contributed by atoms with E-state index < -0.39 is 0 Å². The Kier molecular flexibility index (Phi) is 3.14. The van der Waals surface area contributed by atoms with Gasteiger partial charge in [-0.3, -0.25) is 0 Å². The molecule has 3 nitrogen and oxygen atoms in total. The summed E-state index contributed by atoms with van der Waals surface area (Å²) in [5, 5.41) is 0. The number of nitrogens with zero attached hydrogens (tertiary/aromatic N) is 2. The zero-order chi connectivity index (χ0) is 11.1. The van der Waals surface area contributed by atoms with Crippen molar-refractivity contribution in [3.63, 3.8) is 0 Å². The van der Waals surface area contributed by atoms with Crippen LogP contribution >= 0.6 is 22.6 Å². The Labute approximate surface area is 105 Å². The van der Waals surface area contributed by atoms with Gasteiger partial charge < -0.3 is 9.80 Å². The lowest BCUT2D eigenvalue weighted by Gasteiger charge is -2.48. The highest BCUT2D eigenvalue weighted by Gasteiger charge is 2.39. The van der Waals surface area contributed by atoms with Crippen molar-refractivity contribution < 1.29 is 4.79 Å². The van der Waals surface area contributed by atoms with Crippen LogP contribution in [0.5, 0.6) is 0 Å². The molecule has 0 saturated carbocycles. The maximum atomic E-state index is 12.0. The second-order valence-electron chi connectivity index (χ2n) is 5.46. The molecule has 2 aliphatic heterocycles. The standard InChI is InChI=1S/C11H19IN2O/c1-11(2)7-14(8-11)10(15)13-5-3-9(12)4-6-13/h9H,3-8H2,1-2H3. The third kappa shape index (κ3) is 2.57. The zero-order valence-corrected chi connectivity index (χ0v) is 11.7. The minimum Gasteiger partial charge on any atom is -0.325 e. The molecule has 0 N–H and O–H groups in total. The highest BCUT2D eigenvalue weighted by molar-refractivity contribution is 14.1. The molecule has 0 aromatic rings. The normalized spacial score (nSPS) is 26.3. The first-order valence-corrected chi connectivity index (χ1v) is 6.90. The first-order valence-electron chi connectivity index (χ1n) is 5.66. The van der Waals surface area contributed by atoms with Gasteiger partial charge in [0.1, 0.15) is 0 Å². The molecule has 15 heavy (non-hydrogen) atoms. The number of halogens is 1. The molecule has 2 rings (SSSR count). The van der Waals surface area contributed by atoms with Gasteiger partial charge in [-0.1, -0.05) is 36.4 Å². The molecule has 0 bridgehead atoms. The molecule has 0 spiro atoms. The Bertz CT molecular complexity index is 251. The lowest BCUT2D eigenvalue weighted by molar-refractivity contribution is 0.0401. The van der Waals surface area contributed by atoms with Crippen molar-refractivity contribution in [2.75, 3.05) is 26.2 Å². The Morgan fingerprint density at radius 2 is 1.73 bits per heavy atom. The SMILES string of the molecule is CC1(C)CN(C(=O)N2CCC(I)CC2)C1. The fourth-order valence-electron chi connectivity index (χ4n) is 2.36. The van der Waals surface area contributed by atoms with E-state index in [0.29, 0.717) is 5.41 Å². The summed E-state index contributed by atoms with van der Waals surface area (Å²) < 4.78 is 0.763. The number of likely N-dealkylation sites (tertiary alicyclic amines) is 2.